The minimum absolute atomic E-state index is 0.423. The van der Waals surface area contributed by atoms with E-state index in [1.54, 1.807) is 0 Å². The summed E-state index contributed by atoms with van der Waals surface area (Å²) in [6.45, 7) is 6.15. The average Bonchev–Trinajstić information content (AvgIpc) is 2.94. The van der Waals surface area contributed by atoms with E-state index in [2.05, 4.69) is 16.5 Å². The van der Waals surface area contributed by atoms with Crippen LogP contribution in [0.2, 0.25) is 0 Å². The van der Waals surface area contributed by atoms with Crippen molar-refractivity contribution in [2.75, 3.05) is 6.54 Å². The molecule has 126 valence electrons. The molecular formula is C19H27NO2S. The van der Waals surface area contributed by atoms with Crippen LogP contribution >= 0.6 is 0 Å². The molecule has 0 aromatic heterocycles. The Kier molecular flexibility index (Phi) is 6.23. The van der Waals surface area contributed by atoms with Gasteiger partial charge in [-0.1, -0.05) is 17.7 Å². The summed E-state index contributed by atoms with van der Waals surface area (Å²) in [5.41, 5.74) is 7.46. The molecule has 1 aliphatic rings. The highest BCUT2D eigenvalue weighted by Crippen LogP contribution is 2.23. The molecule has 2 rings (SSSR count). The molecule has 0 heterocycles. The van der Waals surface area contributed by atoms with E-state index in [1.165, 1.54) is 31.3 Å². The van der Waals surface area contributed by atoms with Crippen LogP contribution in [0.25, 0.3) is 0 Å². The number of allylic oxidation sites excluding steroid dienone is 1. The van der Waals surface area contributed by atoms with E-state index in [1.807, 2.05) is 32.9 Å². The fourth-order valence-electron chi connectivity index (χ4n) is 3.24. The van der Waals surface area contributed by atoms with E-state index in [0.29, 0.717) is 11.4 Å². The van der Waals surface area contributed by atoms with Crippen LogP contribution in [0.1, 0.15) is 55.2 Å². The minimum Gasteiger partial charge on any atom is -0.211 e. The van der Waals surface area contributed by atoms with Crippen LogP contribution in [0.4, 0.5) is 0 Å². The van der Waals surface area contributed by atoms with Crippen molar-refractivity contribution >= 4 is 10.0 Å². The molecule has 1 aliphatic carbocycles. The Balaban J connectivity index is 1.91. The van der Waals surface area contributed by atoms with Gasteiger partial charge in [-0.2, -0.15) is 0 Å². The number of unbranched alkanes of at least 4 members (excludes halogenated alkanes) is 1. The van der Waals surface area contributed by atoms with Gasteiger partial charge in [0.2, 0.25) is 10.0 Å². The van der Waals surface area contributed by atoms with Crippen LogP contribution in [0.15, 0.2) is 34.4 Å². The van der Waals surface area contributed by atoms with E-state index >= 15 is 0 Å². The summed E-state index contributed by atoms with van der Waals surface area (Å²) in [5, 5.41) is 0. The highest BCUT2D eigenvalue weighted by molar-refractivity contribution is 7.89. The molecule has 4 heteroatoms. The lowest BCUT2D eigenvalue weighted by Crippen LogP contribution is -2.26. The number of sulfonamides is 1. The summed E-state index contributed by atoms with van der Waals surface area (Å²) in [6.07, 6.45) is 8.62. The van der Waals surface area contributed by atoms with Gasteiger partial charge < -0.3 is 0 Å². The fourth-order valence-corrected chi connectivity index (χ4v) is 4.76. The number of rotatable bonds is 6. The lowest BCUT2D eigenvalue weighted by Gasteiger charge is -2.12. The second-order valence-corrected chi connectivity index (χ2v) is 8.13. The smallest absolute Gasteiger partial charge is 0.211 e. The van der Waals surface area contributed by atoms with Gasteiger partial charge >= 0.3 is 0 Å². The Bertz CT molecular complexity index is 695. The molecule has 1 aromatic carbocycles. The molecule has 0 unspecified atom stereocenters. The van der Waals surface area contributed by atoms with E-state index < -0.39 is 10.0 Å². The highest BCUT2D eigenvalue weighted by Gasteiger charge is 2.18. The van der Waals surface area contributed by atoms with Gasteiger partial charge in [-0.3, -0.25) is 0 Å². The molecule has 1 saturated carbocycles. The second-order valence-electron chi connectivity index (χ2n) is 6.43. The Morgan fingerprint density at radius 1 is 1.13 bits per heavy atom. The zero-order chi connectivity index (χ0) is 16.9. The molecule has 0 bridgehead atoms. The molecule has 0 radical (unpaired) electrons. The van der Waals surface area contributed by atoms with Gasteiger partial charge in [0.25, 0.3) is 0 Å². The van der Waals surface area contributed by atoms with Gasteiger partial charge in [0.05, 0.1) is 4.90 Å². The quantitative estimate of drug-likeness (QED) is 0.622. The summed E-state index contributed by atoms with van der Waals surface area (Å²) < 4.78 is 27.7. The average molecular weight is 333 g/mol. The second kappa shape index (κ2) is 7.96. The van der Waals surface area contributed by atoms with E-state index in [-0.39, 0.29) is 0 Å². The lowest BCUT2D eigenvalue weighted by molar-refractivity contribution is 0.578. The molecule has 1 fully saturated rings. The summed E-state index contributed by atoms with van der Waals surface area (Å²) in [4.78, 5) is 0.423. The zero-order valence-corrected chi connectivity index (χ0v) is 15.2. The maximum Gasteiger partial charge on any atom is 0.241 e. The lowest BCUT2D eigenvalue weighted by atomic mass is 10.1. The number of hydrogen-bond acceptors (Lipinski definition) is 2. The van der Waals surface area contributed by atoms with Crippen molar-refractivity contribution in [1.29, 1.82) is 0 Å². The third-order valence-corrected chi connectivity index (χ3v) is 5.97. The van der Waals surface area contributed by atoms with Crippen LogP contribution in [0, 0.1) is 20.8 Å². The third-order valence-electron chi connectivity index (χ3n) is 4.20. The van der Waals surface area contributed by atoms with Crippen molar-refractivity contribution in [3.63, 3.8) is 0 Å². The van der Waals surface area contributed by atoms with Crippen molar-refractivity contribution in [2.24, 2.45) is 0 Å². The first-order valence-corrected chi connectivity index (χ1v) is 9.89. The molecule has 0 saturated heterocycles. The maximum atomic E-state index is 12.5. The van der Waals surface area contributed by atoms with Gasteiger partial charge in [0, 0.05) is 6.54 Å². The molecule has 1 aromatic rings. The van der Waals surface area contributed by atoms with Crippen LogP contribution in [-0.2, 0) is 10.0 Å². The van der Waals surface area contributed by atoms with E-state index in [4.69, 9.17) is 0 Å². The largest absolute Gasteiger partial charge is 0.241 e. The van der Waals surface area contributed by atoms with Crippen molar-refractivity contribution in [1.82, 2.24) is 4.72 Å². The van der Waals surface area contributed by atoms with Crippen LogP contribution < -0.4 is 4.72 Å². The van der Waals surface area contributed by atoms with Gasteiger partial charge in [-0.15, -0.1) is 5.73 Å². The number of hydrogen-bond donors (Lipinski definition) is 1. The normalized spacial score (nSPS) is 14.8. The molecular weight excluding hydrogens is 306 g/mol. The standard InChI is InChI=1S/C19H27NO2S/c1-15-13-16(2)19(17(3)14-15)23(21,22)20-12-8-4-5-9-18-10-6-7-11-18/h5,13-14,20H,4,6-8,10-12H2,1-3H3. The Morgan fingerprint density at radius 2 is 1.74 bits per heavy atom. The van der Waals surface area contributed by atoms with Crippen molar-refractivity contribution < 1.29 is 8.42 Å². The first kappa shape index (κ1) is 18.0. The number of benzene rings is 1. The maximum absolute atomic E-state index is 12.5. The minimum atomic E-state index is -3.43. The van der Waals surface area contributed by atoms with Crippen molar-refractivity contribution in [3.05, 3.63) is 46.2 Å². The van der Waals surface area contributed by atoms with Gasteiger partial charge in [0.1, 0.15) is 0 Å². The Hall–Kier alpha value is -1.35. The van der Waals surface area contributed by atoms with Crippen LogP contribution in [-0.4, -0.2) is 15.0 Å². The monoisotopic (exact) mass is 333 g/mol. The van der Waals surface area contributed by atoms with E-state index in [0.717, 1.165) is 29.5 Å². The number of nitrogens with one attached hydrogen (secondary N) is 1. The fraction of sp³-hybridized carbons (Fsp3) is 0.526. The predicted octanol–water partition coefficient (Wildman–Crippen LogP) is 4.33. The summed E-state index contributed by atoms with van der Waals surface area (Å²) in [7, 11) is -3.43. The predicted molar refractivity (Wildman–Crippen MR) is 95.1 cm³/mol. The molecule has 3 nitrogen and oxygen atoms in total. The van der Waals surface area contributed by atoms with Crippen molar-refractivity contribution in [3.8, 4) is 0 Å². The Morgan fingerprint density at radius 3 is 2.35 bits per heavy atom. The van der Waals surface area contributed by atoms with Crippen LogP contribution in [0.5, 0.6) is 0 Å². The number of aryl methyl sites for hydroxylation is 3. The topological polar surface area (TPSA) is 46.2 Å². The van der Waals surface area contributed by atoms with Gasteiger partial charge in [-0.05, 0) is 82.1 Å². The van der Waals surface area contributed by atoms with Crippen LogP contribution in [0.3, 0.4) is 0 Å². The SMILES string of the molecule is Cc1cc(C)c(S(=O)(=O)NCCCC=C=C2CCCC2)c(C)c1. The van der Waals surface area contributed by atoms with E-state index in [9.17, 15) is 8.42 Å². The molecule has 0 atom stereocenters. The summed E-state index contributed by atoms with van der Waals surface area (Å²) in [5.74, 6) is 0. The first-order chi connectivity index (χ1) is 10.9. The highest BCUT2D eigenvalue weighted by atomic mass is 32.2. The first-order valence-electron chi connectivity index (χ1n) is 8.40. The molecule has 0 aliphatic heterocycles. The summed E-state index contributed by atoms with van der Waals surface area (Å²) in [6, 6.07) is 3.83. The van der Waals surface area contributed by atoms with Crippen molar-refractivity contribution in [2.45, 2.75) is 64.2 Å². The van der Waals surface area contributed by atoms with Gasteiger partial charge in [0.15, 0.2) is 0 Å². The Labute approximate surface area is 140 Å². The molecule has 0 amide bonds. The summed E-state index contributed by atoms with van der Waals surface area (Å²) >= 11 is 0. The molecule has 0 spiro atoms. The molecule has 1 N–H and O–H groups in total. The van der Waals surface area contributed by atoms with Gasteiger partial charge in [-0.25, -0.2) is 13.1 Å². The third kappa shape index (κ3) is 5.07. The molecule has 23 heavy (non-hydrogen) atoms. The zero-order valence-electron chi connectivity index (χ0n) is 14.4.